The summed E-state index contributed by atoms with van der Waals surface area (Å²) < 4.78 is 5.39. The van der Waals surface area contributed by atoms with Crippen molar-refractivity contribution < 1.29 is 14.6 Å². The molecule has 0 amide bonds. The van der Waals surface area contributed by atoms with Crippen LogP contribution in [0.4, 0.5) is 0 Å². The van der Waals surface area contributed by atoms with Crippen LogP contribution in [0.3, 0.4) is 0 Å². The number of rotatable bonds is 4. The van der Waals surface area contributed by atoms with Crippen molar-refractivity contribution in [3.63, 3.8) is 0 Å². The molecule has 0 fully saturated rings. The first-order chi connectivity index (χ1) is 10.4. The maximum absolute atomic E-state index is 12.0. The zero-order valence-corrected chi connectivity index (χ0v) is 13.5. The number of carbonyl (C=O) groups is 1. The Morgan fingerprint density at radius 3 is 2.82 bits per heavy atom. The second kappa shape index (κ2) is 6.33. The van der Waals surface area contributed by atoms with Gasteiger partial charge in [0, 0.05) is 11.3 Å². The van der Waals surface area contributed by atoms with Gasteiger partial charge in [-0.3, -0.25) is 9.80 Å². The van der Waals surface area contributed by atoms with E-state index in [1.165, 1.54) is 18.0 Å². The van der Waals surface area contributed by atoms with Crippen molar-refractivity contribution in [2.24, 2.45) is 5.84 Å². The van der Waals surface area contributed by atoms with Gasteiger partial charge >= 0.3 is 0 Å². The third-order valence-electron chi connectivity index (χ3n) is 3.52. The maximum atomic E-state index is 12.0. The molecule has 1 atom stereocenters. The quantitative estimate of drug-likeness (QED) is 0.575. The molecule has 6 nitrogen and oxygen atoms in total. The Labute approximate surface area is 134 Å². The molecule has 0 aromatic heterocycles. The van der Waals surface area contributed by atoms with Crippen molar-refractivity contribution in [2.45, 2.75) is 26.8 Å². The number of thiocarbonyl (C=S) groups is 1. The van der Waals surface area contributed by atoms with E-state index in [4.69, 9.17) is 22.8 Å². The van der Waals surface area contributed by atoms with E-state index in [0.717, 1.165) is 5.56 Å². The number of Topliss-reactive ketones (excluding diaryl/α,β-unsaturated/α-hetero) is 1. The van der Waals surface area contributed by atoms with Crippen LogP contribution < -0.4 is 15.9 Å². The molecule has 22 heavy (non-hydrogen) atoms. The largest absolute Gasteiger partial charge is 0.504 e. The van der Waals surface area contributed by atoms with E-state index in [0.29, 0.717) is 28.7 Å². The molecule has 0 radical (unpaired) electrons. The number of hydrogen-bond donors (Lipinski definition) is 3. The van der Waals surface area contributed by atoms with Gasteiger partial charge in [-0.25, -0.2) is 5.84 Å². The van der Waals surface area contributed by atoms with Gasteiger partial charge in [0.1, 0.15) is 0 Å². The van der Waals surface area contributed by atoms with E-state index in [1.54, 1.807) is 19.1 Å². The fraction of sp³-hybridized carbons (Fsp3) is 0.333. The number of ketones is 1. The Balaban J connectivity index is 2.52. The van der Waals surface area contributed by atoms with Crippen molar-refractivity contribution in [2.75, 3.05) is 6.61 Å². The Morgan fingerprint density at radius 1 is 1.55 bits per heavy atom. The number of phenols is 1. The van der Waals surface area contributed by atoms with Crippen LogP contribution in [0.25, 0.3) is 0 Å². The average molecular weight is 321 g/mol. The number of aromatic hydroxyl groups is 1. The fourth-order valence-electron chi connectivity index (χ4n) is 2.45. The highest BCUT2D eigenvalue weighted by Crippen LogP contribution is 2.34. The lowest BCUT2D eigenvalue weighted by Gasteiger charge is -2.35. The predicted molar refractivity (Wildman–Crippen MR) is 87.2 cm³/mol. The number of allylic oxidation sites excluding steroid dienone is 1. The molecule has 1 aromatic rings. The Bertz CT molecular complexity index is 657. The van der Waals surface area contributed by atoms with E-state index in [-0.39, 0.29) is 11.5 Å². The predicted octanol–water partition coefficient (Wildman–Crippen LogP) is 1.76. The standard InChI is InChI=1S/C15H19N3O3S/c1-4-21-12-7-10(5-6-11(12)20)14-13(9(3)19)8(2)18(16)15(22)17-14/h5-7,14,20H,4,16H2,1-3H3,(H,17,22). The van der Waals surface area contributed by atoms with Crippen molar-refractivity contribution in [1.29, 1.82) is 0 Å². The van der Waals surface area contributed by atoms with Gasteiger partial charge in [0.25, 0.3) is 0 Å². The number of nitrogens with two attached hydrogens (primary N) is 1. The lowest BCUT2D eigenvalue weighted by Crippen LogP contribution is -2.50. The SMILES string of the molecule is CCOc1cc(C2NC(=S)N(N)C(C)=C2C(C)=O)ccc1O. The zero-order valence-electron chi connectivity index (χ0n) is 12.7. The Morgan fingerprint density at radius 2 is 2.23 bits per heavy atom. The highest BCUT2D eigenvalue weighted by atomic mass is 32.1. The number of nitrogens with one attached hydrogen (secondary N) is 1. The van der Waals surface area contributed by atoms with Gasteiger partial charge in [-0.15, -0.1) is 0 Å². The van der Waals surface area contributed by atoms with Gasteiger partial charge in [0.15, 0.2) is 22.4 Å². The Hall–Kier alpha value is -2.12. The molecule has 0 saturated carbocycles. The molecule has 0 aliphatic carbocycles. The van der Waals surface area contributed by atoms with Crippen LogP contribution in [0, 0.1) is 0 Å². The number of hydrazine groups is 1. The summed E-state index contributed by atoms with van der Waals surface area (Å²) in [7, 11) is 0. The minimum atomic E-state index is -0.426. The van der Waals surface area contributed by atoms with Gasteiger partial charge in [-0.1, -0.05) is 6.07 Å². The summed E-state index contributed by atoms with van der Waals surface area (Å²) >= 11 is 5.20. The Kier molecular flexibility index (Phi) is 4.68. The van der Waals surface area contributed by atoms with Crippen LogP contribution in [-0.2, 0) is 4.79 Å². The molecule has 0 spiro atoms. The van der Waals surface area contributed by atoms with E-state index < -0.39 is 6.04 Å². The summed E-state index contributed by atoms with van der Waals surface area (Å²) in [6.45, 7) is 5.50. The molecular formula is C15H19N3O3S. The molecule has 1 unspecified atom stereocenters. The van der Waals surface area contributed by atoms with Crippen molar-refractivity contribution in [1.82, 2.24) is 10.3 Å². The number of ether oxygens (including phenoxy) is 1. The summed E-state index contributed by atoms with van der Waals surface area (Å²) in [5.74, 6) is 6.16. The number of hydrogen-bond acceptors (Lipinski definition) is 5. The highest BCUT2D eigenvalue weighted by Gasteiger charge is 2.31. The molecule has 4 N–H and O–H groups in total. The normalized spacial score (nSPS) is 18.3. The van der Waals surface area contributed by atoms with Crippen LogP contribution >= 0.6 is 12.2 Å². The number of nitrogens with zero attached hydrogens (tertiary/aromatic N) is 1. The van der Waals surface area contributed by atoms with Gasteiger partial charge in [-0.2, -0.15) is 0 Å². The molecule has 1 aromatic carbocycles. The molecule has 1 aliphatic heterocycles. The van der Waals surface area contributed by atoms with Crippen molar-refractivity contribution >= 4 is 23.1 Å². The summed E-state index contributed by atoms with van der Waals surface area (Å²) in [4.78, 5) is 12.0. The van der Waals surface area contributed by atoms with Crippen LogP contribution in [0.15, 0.2) is 29.5 Å². The highest BCUT2D eigenvalue weighted by molar-refractivity contribution is 7.80. The average Bonchev–Trinajstić information content (AvgIpc) is 2.46. The second-order valence-corrected chi connectivity index (χ2v) is 5.35. The third-order valence-corrected chi connectivity index (χ3v) is 3.84. The molecule has 7 heteroatoms. The molecule has 2 rings (SSSR count). The van der Waals surface area contributed by atoms with Crippen LogP contribution in [0.5, 0.6) is 11.5 Å². The number of phenolic OH excluding ortho intramolecular Hbond substituents is 1. The van der Waals surface area contributed by atoms with Crippen molar-refractivity contribution in [3.8, 4) is 11.5 Å². The van der Waals surface area contributed by atoms with Gasteiger partial charge < -0.3 is 15.2 Å². The number of benzene rings is 1. The monoisotopic (exact) mass is 321 g/mol. The first-order valence-corrected chi connectivity index (χ1v) is 7.30. The van der Waals surface area contributed by atoms with Gasteiger partial charge in [0.05, 0.1) is 12.6 Å². The van der Waals surface area contributed by atoms with E-state index in [9.17, 15) is 9.90 Å². The summed E-state index contributed by atoms with van der Waals surface area (Å²) in [6.07, 6.45) is 0. The van der Waals surface area contributed by atoms with Gasteiger partial charge in [-0.05, 0) is 50.7 Å². The smallest absolute Gasteiger partial charge is 0.188 e. The first-order valence-electron chi connectivity index (χ1n) is 6.89. The lowest BCUT2D eigenvalue weighted by molar-refractivity contribution is -0.114. The molecule has 1 heterocycles. The number of carbonyl (C=O) groups excluding carboxylic acids is 1. The topological polar surface area (TPSA) is 87.8 Å². The van der Waals surface area contributed by atoms with Crippen LogP contribution in [0.2, 0.25) is 0 Å². The third kappa shape index (κ3) is 2.90. The lowest BCUT2D eigenvalue weighted by atomic mass is 9.92. The minimum Gasteiger partial charge on any atom is -0.504 e. The van der Waals surface area contributed by atoms with E-state index >= 15 is 0 Å². The molecule has 1 aliphatic rings. The summed E-state index contributed by atoms with van der Waals surface area (Å²) in [5, 5.41) is 14.5. The second-order valence-electron chi connectivity index (χ2n) is 4.97. The van der Waals surface area contributed by atoms with Crippen molar-refractivity contribution in [3.05, 3.63) is 35.0 Å². The summed E-state index contributed by atoms with van der Waals surface area (Å²) in [6, 6.07) is 4.53. The first kappa shape index (κ1) is 16.3. The maximum Gasteiger partial charge on any atom is 0.188 e. The van der Waals surface area contributed by atoms with Gasteiger partial charge in [0.2, 0.25) is 0 Å². The minimum absolute atomic E-state index is 0.0505. The van der Waals surface area contributed by atoms with E-state index in [1.807, 2.05) is 6.92 Å². The van der Waals surface area contributed by atoms with Crippen LogP contribution in [0.1, 0.15) is 32.4 Å². The molecular weight excluding hydrogens is 302 g/mol. The molecule has 0 bridgehead atoms. The van der Waals surface area contributed by atoms with E-state index in [2.05, 4.69) is 5.32 Å². The van der Waals surface area contributed by atoms with Crippen LogP contribution in [-0.4, -0.2) is 27.6 Å². The molecule has 0 saturated heterocycles. The molecule has 118 valence electrons. The zero-order chi connectivity index (χ0) is 16.4. The summed E-state index contributed by atoms with van der Waals surface area (Å²) in [5.41, 5.74) is 1.90. The fourth-order valence-corrected chi connectivity index (χ4v) is 2.70.